The van der Waals surface area contributed by atoms with Crippen molar-refractivity contribution >= 4 is 27.6 Å². The zero-order valence-electron chi connectivity index (χ0n) is 12.0. The highest BCUT2D eigenvalue weighted by Gasteiger charge is 2.02. The van der Waals surface area contributed by atoms with Gasteiger partial charge in [0.05, 0.1) is 0 Å². The summed E-state index contributed by atoms with van der Waals surface area (Å²) in [5.41, 5.74) is 3.19. The molecule has 0 aliphatic carbocycles. The lowest BCUT2D eigenvalue weighted by Gasteiger charge is -2.09. The zero-order chi connectivity index (χ0) is 15.1. The molecule has 2 aromatic carbocycles. The first kappa shape index (κ1) is 15.6. The van der Waals surface area contributed by atoms with Gasteiger partial charge in [-0.25, -0.2) is 4.79 Å². The van der Waals surface area contributed by atoms with Crippen LogP contribution in [0.4, 0.5) is 10.5 Å². The first-order valence-electron chi connectivity index (χ1n) is 7.00. The Labute approximate surface area is 133 Å². The average molecular weight is 347 g/mol. The molecule has 0 aromatic heterocycles. The highest BCUT2D eigenvalue weighted by molar-refractivity contribution is 9.10. The van der Waals surface area contributed by atoms with E-state index < -0.39 is 0 Å². The van der Waals surface area contributed by atoms with Crippen molar-refractivity contribution in [1.82, 2.24) is 5.32 Å². The van der Waals surface area contributed by atoms with Crippen molar-refractivity contribution < 1.29 is 4.79 Å². The summed E-state index contributed by atoms with van der Waals surface area (Å²) in [6, 6.07) is 15.9. The largest absolute Gasteiger partial charge is 0.338 e. The number of anilines is 1. The van der Waals surface area contributed by atoms with Gasteiger partial charge in [0.15, 0.2) is 0 Å². The number of amides is 2. The Bertz CT molecular complexity index is 599. The predicted octanol–water partition coefficient (Wildman–Crippen LogP) is 4.51. The standard InChI is InChI=1S/C17H19BrN2O/c1-13-12-15(9-10-16(13)18)20-17(21)19-11-5-8-14-6-3-2-4-7-14/h2-4,6-7,9-10,12H,5,8,11H2,1H3,(H2,19,20,21). The third-order valence-corrected chi connectivity index (χ3v) is 4.08. The number of benzene rings is 2. The molecular formula is C17H19BrN2O. The lowest BCUT2D eigenvalue weighted by molar-refractivity contribution is 0.252. The highest BCUT2D eigenvalue weighted by Crippen LogP contribution is 2.19. The smallest absolute Gasteiger partial charge is 0.319 e. The molecule has 0 heterocycles. The summed E-state index contributed by atoms with van der Waals surface area (Å²) in [4.78, 5) is 11.8. The summed E-state index contributed by atoms with van der Waals surface area (Å²) >= 11 is 3.44. The molecule has 3 nitrogen and oxygen atoms in total. The summed E-state index contributed by atoms with van der Waals surface area (Å²) in [5, 5.41) is 5.71. The second kappa shape index (κ2) is 7.84. The average Bonchev–Trinajstić information content (AvgIpc) is 2.49. The number of nitrogens with one attached hydrogen (secondary N) is 2. The van der Waals surface area contributed by atoms with E-state index >= 15 is 0 Å². The SMILES string of the molecule is Cc1cc(NC(=O)NCCCc2ccccc2)ccc1Br. The van der Waals surface area contributed by atoms with Crippen molar-refractivity contribution in [3.05, 3.63) is 64.1 Å². The molecule has 0 fully saturated rings. The Morgan fingerprint density at radius 3 is 2.62 bits per heavy atom. The molecule has 0 saturated carbocycles. The van der Waals surface area contributed by atoms with Crippen molar-refractivity contribution in [3.63, 3.8) is 0 Å². The molecule has 2 N–H and O–H groups in total. The van der Waals surface area contributed by atoms with Crippen LogP contribution in [0, 0.1) is 6.92 Å². The van der Waals surface area contributed by atoms with E-state index in [4.69, 9.17) is 0 Å². The van der Waals surface area contributed by atoms with Gasteiger partial charge in [-0.05, 0) is 49.1 Å². The lowest BCUT2D eigenvalue weighted by atomic mass is 10.1. The Morgan fingerprint density at radius 2 is 1.90 bits per heavy atom. The molecule has 0 radical (unpaired) electrons. The van der Waals surface area contributed by atoms with Gasteiger partial charge in [0.25, 0.3) is 0 Å². The summed E-state index contributed by atoms with van der Waals surface area (Å²) in [6.45, 7) is 2.66. The van der Waals surface area contributed by atoms with Gasteiger partial charge < -0.3 is 10.6 Å². The van der Waals surface area contributed by atoms with Crippen LogP contribution in [0.3, 0.4) is 0 Å². The minimum absolute atomic E-state index is 0.162. The molecule has 4 heteroatoms. The van der Waals surface area contributed by atoms with Gasteiger partial charge >= 0.3 is 6.03 Å². The van der Waals surface area contributed by atoms with Crippen molar-refractivity contribution in [3.8, 4) is 0 Å². The molecule has 2 aromatic rings. The van der Waals surface area contributed by atoms with Crippen LogP contribution in [0.2, 0.25) is 0 Å². The zero-order valence-corrected chi connectivity index (χ0v) is 13.6. The van der Waals surface area contributed by atoms with E-state index in [1.54, 1.807) is 0 Å². The molecule has 0 saturated heterocycles. The molecule has 110 valence electrons. The Kier molecular flexibility index (Phi) is 5.81. The minimum Gasteiger partial charge on any atom is -0.338 e. The number of halogens is 1. The molecule has 0 spiro atoms. The molecule has 0 atom stereocenters. The maximum absolute atomic E-state index is 11.8. The number of aryl methyl sites for hydroxylation is 2. The van der Waals surface area contributed by atoms with Gasteiger partial charge in [-0.15, -0.1) is 0 Å². The molecule has 0 unspecified atom stereocenters. The number of carbonyl (C=O) groups excluding carboxylic acids is 1. The van der Waals surface area contributed by atoms with E-state index in [-0.39, 0.29) is 6.03 Å². The van der Waals surface area contributed by atoms with Gasteiger partial charge in [0, 0.05) is 16.7 Å². The van der Waals surface area contributed by atoms with Gasteiger partial charge in [-0.1, -0.05) is 46.3 Å². The van der Waals surface area contributed by atoms with E-state index in [9.17, 15) is 4.79 Å². The topological polar surface area (TPSA) is 41.1 Å². The monoisotopic (exact) mass is 346 g/mol. The van der Waals surface area contributed by atoms with Crippen LogP contribution < -0.4 is 10.6 Å². The molecule has 2 amide bonds. The minimum atomic E-state index is -0.162. The quantitative estimate of drug-likeness (QED) is 0.768. The van der Waals surface area contributed by atoms with Gasteiger partial charge in [-0.3, -0.25) is 0 Å². The number of carbonyl (C=O) groups is 1. The van der Waals surface area contributed by atoms with Crippen LogP contribution in [0.5, 0.6) is 0 Å². The van der Waals surface area contributed by atoms with Crippen molar-refractivity contribution in [2.45, 2.75) is 19.8 Å². The van der Waals surface area contributed by atoms with Crippen LogP contribution in [0.15, 0.2) is 53.0 Å². The van der Waals surface area contributed by atoms with Crippen LogP contribution in [0.25, 0.3) is 0 Å². The number of hydrogen-bond acceptors (Lipinski definition) is 1. The van der Waals surface area contributed by atoms with E-state index in [0.717, 1.165) is 28.6 Å². The fraction of sp³-hybridized carbons (Fsp3) is 0.235. The first-order chi connectivity index (χ1) is 10.1. The first-order valence-corrected chi connectivity index (χ1v) is 7.79. The second-order valence-electron chi connectivity index (χ2n) is 4.93. The Hall–Kier alpha value is -1.81. The van der Waals surface area contributed by atoms with E-state index in [0.29, 0.717) is 6.54 Å². The van der Waals surface area contributed by atoms with E-state index in [2.05, 4.69) is 38.7 Å². The van der Waals surface area contributed by atoms with E-state index in [1.165, 1.54) is 5.56 Å². The third kappa shape index (κ3) is 5.23. The van der Waals surface area contributed by atoms with Gasteiger partial charge in [-0.2, -0.15) is 0 Å². The van der Waals surface area contributed by atoms with Crippen molar-refractivity contribution in [2.75, 3.05) is 11.9 Å². The number of rotatable bonds is 5. The fourth-order valence-corrected chi connectivity index (χ4v) is 2.28. The molecule has 21 heavy (non-hydrogen) atoms. The number of urea groups is 1. The summed E-state index contributed by atoms with van der Waals surface area (Å²) in [6.07, 6.45) is 1.90. The van der Waals surface area contributed by atoms with Gasteiger partial charge in [0.1, 0.15) is 0 Å². The molecule has 0 bridgehead atoms. The summed E-state index contributed by atoms with van der Waals surface area (Å²) in [7, 11) is 0. The van der Waals surface area contributed by atoms with Crippen molar-refractivity contribution in [2.24, 2.45) is 0 Å². The molecular weight excluding hydrogens is 328 g/mol. The number of hydrogen-bond donors (Lipinski definition) is 2. The van der Waals surface area contributed by atoms with Crippen molar-refractivity contribution in [1.29, 1.82) is 0 Å². The third-order valence-electron chi connectivity index (χ3n) is 3.19. The van der Waals surface area contributed by atoms with Crippen LogP contribution >= 0.6 is 15.9 Å². The summed E-state index contributed by atoms with van der Waals surface area (Å²) < 4.78 is 1.04. The molecule has 0 aliphatic heterocycles. The second-order valence-corrected chi connectivity index (χ2v) is 5.79. The predicted molar refractivity (Wildman–Crippen MR) is 90.7 cm³/mol. The van der Waals surface area contributed by atoms with Crippen LogP contribution in [-0.4, -0.2) is 12.6 Å². The maximum Gasteiger partial charge on any atom is 0.319 e. The van der Waals surface area contributed by atoms with Crippen LogP contribution in [-0.2, 0) is 6.42 Å². The normalized spacial score (nSPS) is 10.2. The highest BCUT2D eigenvalue weighted by atomic mass is 79.9. The van der Waals surface area contributed by atoms with Gasteiger partial charge in [0.2, 0.25) is 0 Å². The Morgan fingerprint density at radius 1 is 1.14 bits per heavy atom. The lowest BCUT2D eigenvalue weighted by Crippen LogP contribution is -2.29. The van der Waals surface area contributed by atoms with Crippen LogP contribution in [0.1, 0.15) is 17.5 Å². The maximum atomic E-state index is 11.8. The Balaban J connectivity index is 1.71. The molecule has 2 rings (SSSR count). The molecule has 0 aliphatic rings. The fourth-order valence-electron chi connectivity index (χ4n) is 2.04. The summed E-state index contributed by atoms with van der Waals surface area (Å²) in [5.74, 6) is 0. The van der Waals surface area contributed by atoms with E-state index in [1.807, 2.05) is 43.3 Å².